The zero-order valence-electron chi connectivity index (χ0n) is 6.15. The molecule has 0 heterocycles. The SMILES string of the molecule is CC[Si](O)(O)CCC(F)(F)F. The van der Waals surface area contributed by atoms with Crippen LogP contribution in [0.2, 0.25) is 12.1 Å². The van der Waals surface area contributed by atoms with Crippen molar-refractivity contribution >= 4 is 8.56 Å². The van der Waals surface area contributed by atoms with Crippen LogP contribution in [0.5, 0.6) is 0 Å². The average Bonchev–Trinajstić information content (AvgIpc) is 1.83. The molecule has 0 rings (SSSR count). The van der Waals surface area contributed by atoms with Gasteiger partial charge in [-0.15, -0.1) is 0 Å². The molecule has 0 aromatic carbocycles. The first-order chi connectivity index (χ1) is 4.77. The molecule has 0 atom stereocenters. The topological polar surface area (TPSA) is 40.5 Å². The van der Waals surface area contributed by atoms with Crippen molar-refractivity contribution in [2.45, 2.75) is 31.6 Å². The molecule has 0 saturated carbocycles. The second-order valence-corrected chi connectivity index (χ2v) is 5.62. The van der Waals surface area contributed by atoms with Crippen molar-refractivity contribution < 1.29 is 22.8 Å². The van der Waals surface area contributed by atoms with Gasteiger partial charge >= 0.3 is 14.7 Å². The van der Waals surface area contributed by atoms with Crippen LogP contribution in [0.25, 0.3) is 0 Å². The number of hydrogen-bond donors (Lipinski definition) is 2. The summed E-state index contributed by atoms with van der Waals surface area (Å²) in [7, 11) is -3.51. The molecule has 0 radical (unpaired) electrons. The molecule has 0 amide bonds. The van der Waals surface area contributed by atoms with Crippen LogP contribution in [-0.2, 0) is 0 Å². The van der Waals surface area contributed by atoms with Gasteiger partial charge in [-0.2, -0.15) is 13.2 Å². The zero-order chi connectivity index (χ0) is 9.12. The normalized spacial score (nSPS) is 13.6. The largest absolute Gasteiger partial charge is 0.411 e. The third-order valence-corrected chi connectivity index (χ3v) is 3.56. The Balaban J connectivity index is 3.70. The van der Waals surface area contributed by atoms with Crippen molar-refractivity contribution in [1.82, 2.24) is 0 Å². The molecule has 0 saturated heterocycles. The Bertz CT molecular complexity index is 123. The van der Waals surface area contributed by atoms with Crippen molar-refractivity contribution in [1.29, 1.82) is 0 Å². The third kappa shape index (κ3) is 6.33. The Labute approximate surface area is 63.9 Å². The first-order valence-corrected chi connectivity index (χ1v) is 5.59. The van der Waals surface area contributed by atoms with Gasteiger partial charge in [0.05, 0.1) is 0 Å². The molecule has 0 fully saturated rings. The van der Waals surface area contributed by atoms with Crippen molar-refractivity contribution in [3.63, 3.8) is 0 Å². The fourth-order valence-electron chi connectivity index (χ4n) is 0.519. The monoisotopic (exact) mass is 188 g/mol. The highest BCUT2D eigenvalue weighted by atomic mass is 28.4. The summed E-state index contributed by atoms with van der Waals surface area (Å²) in [4.78, 5) is 17.8. The third-order valence-electron chi connectivity index (χ3n) is 1.38. The first-order valence-electron chi connectivity index (χ1n) is 3.28. The van der Waals surface area contributed by atoms with E-state index in [2.05, 4.69) is 0 Å². The van der Waals surface area contributed by atoms with E-state index < -0.39 is 27.2 Å². The summed E-state index contributed by atoms with van der Waals surface area (Å²) in [6.07, 6.45) is -5.38. The molecule has 0 bridgehead atoms. The predicted octanol–water partition coefficient (Wildman–Crippen LogP) is 1.39. The standard InChI is InChI=1S/C5H11F3O2Si/c1-2-11(9,10)4-3-5(6,7)8/h9-10H,2-4H2,1H3. The molecule has 0 unspecified atom stereocenters. The molecule has 0 spiro atoms. The van der Waals surface area contributed by atoms with E-state index in [4.69, 9.17) is 9.59 Å². The molecule has 6 heteroatoms. The predicted molar refractivity (Wildman–Crippen MR) is 36.2 cm³/mol. The highest BCUT2D eigenvalue weighted by Crippen LogP contribution is 2.25. The van der Waals surface area contributed by atoms with Gasteiger partial charge < -0.3 is 9.59 Å². The van der Waals surface area contributed by atoms with E-state index in [1.807, 2.05) is 0 Å². The van der Waals surface area contributed by atoms with E-state index in [0.717, 1.165) is 0 Å². The molecule has 0 aliphatic heterocycles. The highest BCUT2D eigenvalue weighted by molar-refractivity contribution is 6.64. The van der Waals surface area contributed by atoms with E-state index in [0.29, 0.717) is 0 Å². The van der Waals surface area contributed by atoms with E-state index >= 15 is 0 Å². The van der Waals surface area contributed by atoms with Crippen LogP contribution in [-0.4, -0.2) is 24.3 Å². The van der Waals surface area contributed by atoms with Crippen LogP contribution < -0.4 is 0 Å². The van der Waals surface area contributed by atoms with Gasteiger partial charge in [-0.3, -0.25) is 0 Å². The molecular formula is C5H11F3O2Si. The molecule has 2 N–H and O–H groups in total. The van der Waals surface area contributed by atoms with Gasteiger partial charge in [0.2, 0.25) is 0 Å². The Morgan fingerprint density at radius 2 is 1.73 bits per heavy atom. The number of halogens is 3. The van der Waals surface area contributed by atoms with Gasteiger partial charge in [-0.25, -0.2) is 0 Å². The van der Waals surface area contributed by atoms with Gasteiger partial charge in [0.25, 0.3) is 0 Å². The van der Waals surface area contributed by atoms with E-state index in [1.165, 1.54) is 6.92 Å². The lowest BCUT2D eigenvalue weighted by molar-refractivity contribution is -0.131. The fraction of sp³-hybridized carbons (Fsp3) is 1.00. The van der Waals surface area contributed by atoms with Gasteiger partial charge in [0, 0.05) is 6.42 Å². The Hall–Kier alpha value is -0.0731. The second kappa shape index (κ2) is 3.55. The van der Waals surface area contributed by atoms with Crippen LogP contribution in [0.4, 0.5) is 13.2 Å². The molecule has 0 aliphatic carbocycles. The minimum Gasteiger partial charge on any atom is -0.411 e. The quantitative estimate of drug-likeness (QED) is 0.657. The molecule has 11 heavy (non-hydrogen) atoms. The summed E-state index contributed by atoms with van der Waals surface area (Å²) in [5.74, 6) is 0. The lowest BCUT2D eigenvalue weighted by Gasteiger charge is -2.16. The first kappa shape index (κ1) is 10.9. The minimum absolute atomic E-state index is 0.0447. The second-order valence-electron chi connectivity index (χ2n) is 2.45. The van der Waals surface area contributed by atoms with Gasteiger partial charge in [-0.05, 0) is 12.1 Å². The van der Waals surface area contributed by atoms with Crippen molar-refractivity contribution in [3.8, 4) is 0 Å². The molecular weight excluding hydrogens is 177 g/mol. The van der Waals surface area contributed by atoms with Crippen molar-refractivity contribution in [2.75, 3.05) is 0 Å². The van der Waals surface area contributed by atoms with Crippen molar-refractivity contribution in [2.24, 2.45) is 0 Å². The lowest BCUT2D eigenvalue weighted by Crippen LogP contribution is -2.34. The highest BCUT2D eigenvalue weighted by Gasteiger charge is 2.35. The van der Waals surface area contributed by atoms with Crippen LogP contribution in [0.15, 0.2) is 0 Å². The van der Waals surface area contributed by atoms with Gasteiger partial charge in [0.15, 0.2) is 0 Å². The van der Waals surface area contributed by atoms with Crippen molar-refractivity contribution in [3.05, 3.63) is 0 Å². The van der Waals surface area contributed by atoms with Gasteiger partial charge in [0.1, 0.15) is 0 Å². The summed E-state index contributed by atoms with van der Waals surface area (Å²) in [5.41, 5.74) is 0. The number of rotatable bonds is 3. The summed E-state index contributed by atoms with van der Waals surface area (Å²) in [5, 5.41) is 0. The maximum absolute atomic E-state index is 11.5. The summed E-state index contributed by atoms with van der Waals surface area (Å²) >= 11 is 0. The molecule has 2 nitrogen and oxygen atoms in total. The number of hydrogen-bond acceptors (Lipinski definition) is 2. The lowest BCUT2D eigenvalue weighted by atomic mass is 10.5. The van der Waals surface area contributed by atoms with E-state index in [1.54, 1.807) is 0 Å². The summed E-state index contributed by atoms with van der Waals surface area (Å²) in [6.45, 7) is 1.47. The van der Waals surface area contributed by atoms with Gasteiger partial charge in [-0.1, -0.05) is 6.92 Å². The molecule has 0 aliphatic rings. The van der Waals surface area contributed by atoms with E-state index in [-0.39, 0.29) is 6.04 Å². The molecule has 0 aromatic rings. The minimum atomic E-state index is -4.28. The van der Waals surface area contributed by atoms with Crippen LogP contribution >= 0.6 is 0 Å². The van der Waals surface area contributed by atoms with Crippen LogP contribution in [0, 0.1) is 0 Å². The average molecular weight is 188 g/mol. The fourth-order valence-corrected chi connectivity index (χ4v) is 1.56. The zero-order valence-corrected chi connectivity index (χ0v) is 7.15. The van der Waals surface area contributed by atoms with Crippen LogP contribution in [0.1, 0.15) is 13.3 Å². The molecule has 0 aromatic heterocycles. The summed E-state index contributed by atoms with van der Waals surface area (Å²) in [6, 6.07) is -0.476. The number of alkyl halides is 3. The Morgan fingerprint density at radius 3 is 2.00 bits per heavy atom. The smallest absolute Gasteiger partial charge is 0.389 e. The van der Waals surface area contributed by atoms with Crippen LogP contribution in [0.3, 0.4) is 0 Å². The maximum atomic E-state index is 11.5. The van der Waals surface area contributed by atoms with E-state index in [9.17, 15) is 13.2 Å². The Kier molecular flexibility index (Phi) is 3.53. The summed E-state index contributed by atoms with van der Waals surface area (Å²) < 4.78 is 34.6. The maximum Gasteiger partial charge on any atom is 0.389 e. The molecule has 68 valence electrons. The Morgan fingerprint density at radius 1 is 1.27 bits per heavy atom.